The Bertz CT molecular complexity index is 1100. The fraction of sp³-hybridized carbons (Fsp3) is 0.150. The van der Waals surface area contributed by atoms with Crippen molar-refractivity contribution in [3.8, 4) is 22.7 Å². The van der Waals surface area contributed by atoms with Crippen LogP contribution in [0.15, 0.2) is 53.3 Å². The highest BCUT2D eigenvalue weighted by atomic mass is 16.5. The second kappa shape index (κ2) is 8.44. The van der Waals surface area contributed by atoms with Crippen LogP contribution in [0, 0.1) is 0 Å². The van der Waals surface area contributed by atoms with E-state index >= 15 is 0 Å². The molecule has 0 spiro atoms. The normalized spacial score (nSPS) is 10.4. The molecular formula is C20H20N4O5. The highest BCUT2D eigenvalue weighted by molar-refractivity contribution is 5.97. The summed E-state index contributed by atoms with van der Waals surface area (Å²) in [5.41, 5.74) is 3.00. The molecule has 0 aliphatic heterocycles. The van der Waals surface area contributed by atoms with Gasteiger partial charge in [0.05, 0.1) is 25.1 Å². The van der Waals surface area contributed by atoms with Crippen LogP contribution in [0.2, 0.25) is 0 Å². The summed E-state index contributed by atoms with van der Waals surface area (Å²) in [6.45, 7) is 1.78. The molecule has 3 aromatic rings. The Hall–Kier alpha value is -3.85. The molecule has 0 aliphatic rings. The minimum Gasteiger partial charge on any atom is -0.496 e. The van der Waals surface area contributed by atoms with E-state index in [1.807, 2.05) is 0 Å². The fourth-order valence-electron chi connectivity index (χ4n) is 2.96. The average Bonchev–Trinajstić information content (AvgIpc) is 3.10. The van der Waals surface area contributed by atoms with Gasteiger partial charge in [-0.25, -0.2) is 10.6 Å². The first-order valence-electron chi connectivity index (χ1n) is 8.78. The molecule has 0 radical (unpaired) electrons. The highest BCUT2D eigenvalue weighted by Gasteiger charge is 2.26. The number of nitrogens with two attached hydrogens (primary N) is 1. The molecule has 29 heavy (non-hydrogen) atoms. The fourth-order valence-corrected chi connectivity index (χ4v) is 2.96. The second-order valence-corrected chi connectivity index (χ2v) is 5.94. The van der Waals surface area contributed by atoms with Crippen molar-refractivity contribution in [2.24, 2.45) is 5.84 Å². The van der Waals surface area contributed by atoms with E-state index in [1.54, 1.807) is 55.5 Å². The van der Waals surface area contributed by atoms with Gasteiger partial charge in [0, 0.05) is 11.1 Å². The van der Waals surface area contributed by atoms with Gasteiger partial charge in [0.2, 0.25) is 0 Å². The summed E-state index contributed by atoms with van der Waals surface area (Å²) in [6.07, 6.45) is 0. The number of aromatic nitrogens is 2. The van der Waals surface area contributed by atoms with Gasteiger partial charge in [-0.3, -0.25) is 24.8 Å². The first-order chi connectivity index (χ1) is 14.0. The zero-order valence-corrected chi connectivity index (χ0v) is 15.9. The second-order valence-electron chi connectivity index (χ2n) is 5.94. The van der Waals surface area contributed by atoms with Crippen LogP contribution in [0.1, 0.15) is 27.6 Å². The summed E-state index contributed by atoms with van der Waals surface area (Å²) < 4.78 is 11.9. The minimum atomic E-state index is -0.743. The van der Waals surface area contributed by atoms with E-state index in [9.17, 15) is 14.4 Å². The molecular weight excluding hydrogens is 376 g/mol. The number of carbonyl (C=O) groups is 2. The standard InChI is InChI=1S/C20H20N4O5/c1-3-29-20(27)16-17(14-6-4-5-7-15(14)28-2)24(23-19(16)26)13-10-8-12(9-11-13)18(25)22-21/h4-11H,3,21H2,1-2H3,(H,22,25)(H,23,26). The van der Waals surface area contributed by atoms with Gasteiger partial charge in [0.25, 0.3) is 11.5 Å². The Kier molecular flexibility index (Phi) is 5.79. The van der Waals surface area contributed by atoms with Crippen molar-refractivity contribution in [2.75, 3.05) is 13.7 Å². The summed E-state index contributed by atoms with van der Waals surface area (Å²) in [7, 11) is 1.50. The number of esters is 1. The monoisotopic (exact) mass is 396 g/mol. The number of hydrogen-bond acceptors (Lipinski definition) is 6. The summed E-state index contributed by atoms with van der Waals surface area (Å²) in [5.74, 6) is 4.44. The molecule has 0 saturated heterocycles. The lowest BCUT2D eigenvalue weighted by molar-refractivity contribution is 0.0525. The smallest absolute Gasteiger partial charge is 0.346 e. The van der Waals surface area contributed by atoms with Crippen molar-refractivity contribution in [1.82, 2.24) is 15.2 Å². The number of methoxy groups -OCH3 is 1. The van der Waals surface area contributed by atoms with Crippen LogP contribution in [0.25, 0.3) is 16.9 Å². The molecule has 1 aromatic heterocycles. The molecule has 1 amide bonds. The summed E-state index contributed by atoms with van der Waals surface area (Å²) in [6, 6.07) is 13.3. The number of ether oxygens (including phenoxy) is 2. The Morgan fingerprint density at radius 2 is 1.83 bits per heavy atom. The van der Waals surface area contributed by atoms with Gasteiger partial charge in [-0.15, -0.1) is 0 Å². The number of H-pyrrole nitrogens is 1. The number of hydrogen-bond donors (Lipinski definition) is 3. The number of rotatable bonds is 6. The Labute approximate surface area is 166 Å². The molecule has 150 valence electrons. The van der Waals surface area contributed by atoms with Crippen LogP contribution in [-0.2, 0) is 4.74 Å². The van der Waals surface area contributed by atoms with Crippen LogP contribution in [0.3, 0.4) is 0 Å². The lowest BCUT2D eigenvalue weighted by Gasteiger charge is -2.13. The third-order valence-corrected chi connectivity index (χ3v) is 4.26. The van der Waals surface area contributed by atoms with Crippen molar-refractivity contribution < 1.29 is 19.1 Å². The van der Waals surface area contributed by atoms with E-state index in [1.165, 1.54) is 11.8 Å². The molecule has 0 unspecified atom stereocenters. The largest absolute Gasteiger partial charge is 0.496 e. The molecule has 4 N–H and O–H groups in total. The lowest BCUT2D eigenvalue weighted by atomic mass is 10.1. The van der Waals surface area contributed by atoms with E-state index in [0.29, 0.717) is 28.3 Å². The van der Waals surface area contributed by atoms with E-state index in [4.69, 9.17) is 15.3 Å². The Morgan fingerprint density at radius 3 is 2.45 bits per heavy atom. The number of amides is 1. The predicted octanol–water partition coefficient (Wildman–Crippen LogP) is 1.62. The maximum absolute atomic E-state index is 12.6. The number of carbonyl (C=O) groups excluding carboxylic acids is 2. The van der Waals surface area contributed by atoms with Gasteiger partial charge in [-0.05, 0) is 43.3 Å². The molecule has 0 aliphatic carbocycles. The Morgan fingerprint density at radius 1 is 1.14 bits per heavy atom. The number of nitrogens with zero attached hydrogens (tertiary/aromatic N) is 1. The van der Waals surface area contributed by atoms with E-state index in [-0.39, 0.29) is 12.2 Å². The van der Waals surface area contributed by atoms with Gasteiger partial charge in [0.15, 0.2) is 5.56 Å². The molecule has 1 heterocycles. The van der Waals surface area contributed by atoms with Crippen molar-refractivity contribution >= 4 is 11.9 Å². The summed E-state index contributed by atoms with van der Waals surface area (Å²) >= 11 is 0. The Balaban J connectivity index is 2.25. The maximum atomic E-state index is 12.6. The van der Waals surface area contributed by atoms with Crippen LogP contribution in [0.5, 0.6) is 5.75 Å². The molecule has 9 nitrogen and oxygen atoms in total. The van der Waals surface area contributed by atoms with Crippen molar-refractivity contribution in [1.29, 1.82) is 0 Å². The topological polar surface area (TPSA) is 128 Å². The van der Waals surface area contributed by atoms with E-state index < -0.39 is 17.4 Å². The molecule has 0 bridgehead atoms. The highest BCUT2D eigenvalue weighted by Crippen LogP contribution is 2.33. The first-order valence-corrected chi connectivity index (χ1v) is 8.78. The molecule has 9 heteroatoms. The SMILES string of the molecule is CCOC(=O)c1c(-c2ccccc2OC)n(-c2ccc(C(=O)NN)cc2)[nH]c1=O. The quantitative estimate of drug-likeness (QED) is 0.251. The number of benzene rings is 2. The third-order valence-electron chi connectivity index (χ3n) is 4.26. The predicted molar refractivity (Wildman–Crippen MR) is 106 cm³/mol. The molecule has 0 fully saturated rings. The number of aromatic amines is 1. The lowest BCUT2D eigenvalue weighted by Crippen LogP contribution is -2.29. The number of hydrazine groups is 1. The molecule has 2 aromatic carbocycles. The van der Waals surface area contributed by atoms with E-state index in [0.717, 1.165) is 0 Å². The van der Waals surface area contributed by atoms with Crippen LogP contribution in [0.4, 0.5) is 0 Å². The van der Waals surface area contributed by atoms with Crippen molar-refractivity contribution in [3.05, 3.63) is 70.0 Å². The van der Waals surface area contributed by atoms with Crippen LogP contribution < -0.4 is 21.6 Å². The number of nitrogen functional groups attached to an aromatic ring is 1. The average molecular weight is 396 g/mol. The number of nitrogens with one attached hydrogen (secondary N) is 2. The maximum Gasteiger partial charge on any atom is 0.346 e. The zero-order valence-electron chi connectivity index (χ0n) is 15.9. The van der Waals surface area contributed by atoms with Gasteiger partial charge in [0.1, 0.15) is 5.75 Å². The van der Waals surface area contributed by atoms with Gasteiger partial charge < -0.3 is 9.47 Å². The molecule has 0 saturated carbocycles. The van der Waals surface area contributed by atoms with Crippen molar-refractivity contribution in [2.45, 2.75) is 6.92 Å². The first kappa shape index (κ1) is 19.9. The molecule has 0 atom stereocenters. The van der Waals surface area contributed by atoms with Gasteiger partial charge in [-0.2, -0.15) is 0 Å². The van der Waals surface area contributed by atoms with Crippen LogP contribution in [-0.4, -0.2) is 35.4 Å². The van der Waals surface area contributed by atoms with Gasteiger partial charge in [-0.1, -0.05) is 12.1 Å². The third kappa shape index (κ3) is 3.76. The van der Waals surface area contributed by atoms with Crippen LogP contribution >= 0.6 is 0 Å². The summed E-state index contributed by atoms with van der Waals surface area (Å²) in [5, 5.41) is 2.66. The van der Waals surface area contributed by atoms with Crippen molar-refractivity contribution in [3.63, 3.8) is 0 Å². The molecule has 3 rings (SSSR count). The zero-order chi connectivity index (χ0) is 21.0. The van der Waals surface area contributed by atoms with E-state index in [2.05, 4.69) is 10.5 Å². The number of para-hydroxylation sites is 1. The summed E-state index contributed by atoms with van der Waals surface area (Å²) in [4.78, 5) is 36.8. The minimum absolute atomic E-state index is 0.123. The van der Waals surface area contributed by atoms with Gasteiger partial charge >= 0.3 is 5.97 Å².